The summed E-state index contributed by atoms with van der Waals surface area (Å²) in [5, 5.41) is 7.96. The summed E-state index contributed by atoms with van der Waals surface area (Å²) in [6, 6.07) is 2.86. The Morgan fingerprint density at radius 1 is 1.53 bits per heavy atom. The van der Waals surface area contributed by atoms with Gasteiger partial charge in [-0.15, -0.1) is 0 Å². The maximum atomic E-state index is 4.23. The molecule has 3 heteroatoms. The van der Waals surface area contributed by atoms with E-state index in [0.717, 1.165) is 24.9 Å². The first kappa shape index (κ1) is 12.6. The molecule has 3 nitrogen and oxygen atoms in total. The number of aryl methyl sites for hydroxylation is 2. The van der Waals surface area contributed by atoms with Crippen LogP contribution in [0.3, 0.4) is 0 Å². The number of hydrogen-bond donors (Lipinski definition) is 1. The number of aromatic nitrogens is 2. The highest BCUT2D eigenvalue weighted by Gasteiger charge is 2.26. The van der Waals surface area contributed by atoms with Gasteiger partial charge in [-0.25, -0.2) is 0 Å². The Balaban J connectivity index is 1.82. The van der Waals surface area contributed by atoms with E-state index in [2.05, 4.69) is 23.4 Å². The van der Waals surface area contributed by atoms with Gasteiger partial charge in [-0.3, -0.25) is 4.68 Å². The fraction of sp³-hybridized carbons (Fsp3) is 0.786. The van der Waals surface area contributed by atoms with E-state index in [9.17, 15) is 0 Å². The minimum Gasteiger partial charge on any atom is -0.314 e. The summed E-state index contributed by atoms with van der Waals surface area (Å²) in [6.07, 6.45) is 9.81. The maximum Gasteiger partial charge on any atom is 0.0492 e. The van der Waals surface area contributed by atoms with Crippen molar-refractivity contribution in [1.82, 2.24) is 15.1 Å². The highest BCUT2D eigenvalue weighted by molar-refractivity contribution is 5.01. The van der Waals surface area contributed by atoms with Crippen LogP contribution >= 0.6 is 0 Å². The standard InChI is InChI=1S/C14H25N3/c1-3-10-15-14(12-5-4-6-12)8-7-13-9-11-16-17(13)2/h9,11-12,14-15H,3-8,10H2,1-2H3. The smallest absolute Gasteiger partial charge is 0.0492 e. The molecule has 1 aromatic heterocycles. The van der Waals surface area contributed by atoms with E-state index >= 15 is 0 Å². The number of rotatable bonds is 7. The monoisotopic (exact) mass is 235 g/mol. The summed E-state index contributed by atoms with van der Waals surface area (Å²) >= 11 is 0. The first-order chi connectivity index (χ1) is 8.31. The summed E-state index contributed by atoms with van der Waals surface area (Å²) in [5.41, 5.74) is 1.35. The van der Waals surface area contributed by atoms with Gasteiger partial charge in [-0.1, -0.05) is 13.3 Å². The van der Waals surface area contributed by atoms with Crippen molar-refractivity contribution in [3.8, 4) is 0 Å². The largest absolute Gasteiger partial charge is 0.314 e. The molecule has 0 amide bonds. The van der Waals surface area contributed by atoms with Crippen molar-refractivity contribution >= 4 is 0 Å². The second kappa shape index (κ2) is 6.20. The third-order valence-corrected chi connectivity index (χ3v) is 4.01. The van der Waals surface area contributed by atoms with Crippen LogP contribution in [0, 0.1) is 5.92 Å². The van der Waals surface area contributed by atoms with Gasteiger partial charge in [-0.05, 0) is 50.6 Å². The van der Waals surface area contributed by atoms with E-state index in [1.54, 1.807) is 0 Å². The number of nitrogens with zero attached hydrogens (tertiary/aromatic N) is 2. The van der Waals surface area contributed by atoms with Gasteiger partial charge in [-0.2, -0.15) is 5.10 Å². The van der Waals surface area contributed by atoms with Crippen LogP contribution in [0.4, 0.5) is 0 Å². The molecular formula is C14H25N3. The predicted molar refractivity (Wildman–Crippen MR) is 71.0 cm³/mol. The van der Waals surface area contributed by atoms with E-state index in [0.29, 0.717) is 0 Å². The average Bonchev–Trinajstić information content (AvgIpc) is 2.65. The van der Waals surface area contributed by atoms with Crippen LogP contribution < -0.4 is 5.32 Å². The molecule has 1 saturated carbocycles. The molecule has 1 aromatic rings. The van der Waals surface area contributed by atoms with Gasteiger partial charge < -0.3 is 5.32 Å². The molecule has 0 spiro atoms. The molecule has 1 aliphatic carbocycles. The SMILES string of the molecule is CCCNC(CCc1ccnn1C)C1CCC1. The van der Waals surface area contributed by atoms with Crippen molar-refractivity contribution in [3.63, 3.8) is 0 Å². The molecule has 1 atom stereocenters. The topological polar surface area (TPSA) is 29.9 Å². The van der Waals surface area contributed by atoms with Crippen LogP contribution in [0.5, 0.6) is 0 Å². The lowest BCUT2D eigenvalue weighted by Crippen LogP contribution is -2.40. The molecule has 1 N–H and O–H groups in total. The highest BCUT2D eigenvalue weighted by Crippen LogP contribution is 2.31. The zero-order valence-electron chi connectivity index (χ0n) is 11.2. The van der Waals surface area contributed by atoms with Gasteiger partial charge in [0, 0.05) is 25.0 Å². The van der Waals surface area contributed by atoms with Crippen molar-refractivity contribution in [2.45, 2.75) is 51.5 Å². The maximum absolute atomic E-state index is 4.23. The summed E-state index contributed by atoms with van der Waals surface area (Å²) in [4.78, 5) is 0. The third-order valence-electron chi connectivity index (χ3n) is 4.01. The normalized spacial score (nSPS) is 18.0. The molecule has 2 rings (SSSR count). The first-order valence-corrected chi connectivity index (χ1v) is 7.01. The van der Waals surface area contributed by atoms with Gasteiger partial charge >= 0.3 is 0 Å². The third kappa shape index (κ3) is 3.32. The van der Waals surface area contributed by atoms with Gasteiger partial charge in [0.15, 0.2) is 0 Å². The van der Waals surface area contributed by atoms with Crippen molar-refractivity contribution in [3.05, 3.63) is 18.0 Å². The summed E-state index contributed by atoms with van der Waals surface area (Å²) in [7, 11) is 2.03. The summed E-state index contributed by atoms with van der Waals surface area (Å²) in [6.45, 7) is 3.40. The predicted octanol–water partition coefficient (Wildman–Crippen LogP) is 2.52. The minimum atomic E-state index is 0.721. The van der Waals surface area contributed by atoms with E-state index < -0.39 is 0 Å². The number of nitrogens with one attached hydrogen (secondary N) is 1. The number of hydrogen-bond acceptors (Lipinski definition) is 2. The van der Waals surface area contributed by atoms with E-state index in [1.807, 2.05) is 17.9 Å². The molecule has 0 saturated heterocycles. The van der Waals surface area contributed by atoms with E-state index in [-0.39, 0.29) is 0 Å². The zero-order valence-corrected chi connectivity index (χ0v) is 11.2. The zero-order chi connectivity index (χ0) is 12.1. The summed E-state index contributed by atoms with van der Waals surface area (Å²) in [5.74, 6) is 0.926. The Hall–Kier alpha value is -0.830. The van der Waals surface area contributed by atoms with Gasteiger partial charge in [0.05, 0.1) is 0 Å². The molecular weight excluding hydrogens is 210 g/mol. The van der Waals surface area contributed by atoms with Crippen molar-refractivity contribution < 1.29 is 0 Å². The fourth-order valence-corrected chi connectivity index (χ4v) is 2.63. The van der Waals surface area contributed by atoms with Crippen LogP contribution in [0.1, 0.15) is 44.7 Å². The van der Waals surface area contributed by atoms with Crippen LogP contribution in [0.2, 0.25) is 0 Å². The lowest BCUT2D eigenvalue weighted by Gasteiger charge is -2.34. The second-order valence-corrected chi connectivity index (χ2v) is 5.24. The van der Waals surface area contributed by atoms with Crippen molar-refractivity contribution in [2.24, 2.45) is 13.0 Å². The van der Waals surface area contributed by atoms with Crippen LogP contribution in [-0.2, 0) is 13.5 Å². The molecule has 0 aliphatic heterocycles. The second-order valence-electron chi connectivity index (χ2n) is 5.24. The molecule has 1 heterocycles. The molecule has 0 bridgehead atoms. The lowest BCUT2D eigenvalue weighted by molar-refractivity contribution is 0.219. The van der Waals surface area contributed by atoms with E-state index in [4.69, 9.17) is 0 Å². The highest BCUT2D eigenvalue weighted by atomic mass is 15.2. The molecule has 0 radical (unpaired) electrons. The Morgan fingerprint density at radius 2 is 2.35 bits per heavy atom. The van der Waals surface area contributed by atoms with Crippen LogP contribution in [0.25, 0.3) is 0 Å². The molecule has 1 aliphatic rings. The molecule has 17 heavy (non-hydrogen) atoms. The molecule has 96 valence electrons. The Labute approximate surface area is 105 Å². The van der Waals surface area contributed by atoms with Gasteiger partial charge in [0.2, 0.25) is 0 Å². The minimum absolute atomic E-state index is 0.721. The fourth-order valence-electron chi connectivity index (χ4n) is 2.63. The van der Waals surface area contributed by atoms with Crippen LogP contribution in [-0.4, -0.2) is 22.4 Å². The van der Waals surface area contributed by atoms with Gasteiger partial charge in [0.1, 0.15) is 0 Å². The average molecular weight is 235 g/mol. The summed E-state index contributed by atoms with van der Waals surface area (Å²) < 4.78 is 2.00. The lowest BCUT2D eigenvalue weighted by atomic mass is 9.78. The van der Waals surface area contributed by atoms with Crippen molar-refractivity contribution in [2.75, 3.05) is 6.54 Å². The van der Waals surface area contributed by atoms with Crippen LogP contribution in [0.15, 0.2) is 12.3 Å². The molecule has 1 fully saturated rings. The first-order valence-electron chi connectivity index (χ1n) is 7.01. The molecule has 0 aromatic carbocycles. The Morgan fingerprint density at radius 3 is 2.88 bits per heavy atom. The Bertz CT molecular complexity index is 328. The van der Waals surface area contributed by atoms with Crippen molar-refractivity contribution in [1.29, 1.82) is 0 Å². The Kier molecular flexibility index (Phi) is 4.60. The quantitative estimate of drug-likeness (QED) is 0.787. The van der Waals surface area contributed by atoms with Gasteiger partial charge in [0.25, 0.3) is 0 Å². The molecule has 1 unspecified atom stereocenters. The van der Waals surface area contributed by atoms with E-state index in [1.165, 1.54) is 37.8 Å².